The summed E-state index contributed by atoms with van der Waals surface area (Å²) < 4.78 is 46.6. The molecule has 1 atom stereocenters. The van der Waals surface area contributed by atoms with Crippen molar-refractivity contribution < 1.29 is 37.7 Å². The predicted molar refractivity (Wildman–Crippen MR) is 117 cm³/mol. The molecule has 0 saturated carbocycles. The van der Waals surface area contributed by atoms with E-state index in [-0.39, 0.29) is 33.3 Å². The van der Waals surface area contributed by atoms with Crippen molar-refractivity contribution in [2.45, 2.75) is 6.04 Å². The van der Waals surface area contributed by atoms with Crippen LogP contribution in [0.15, 0.2) is 60.2 Å². The van der Waals surface area contributed by atoms with Crippen molar-refractivity contribution in [1.82, 2.24) is 0 Å². The molecule has 2 N–H and O–H groups in total. The molecule has 1 saturated heterocycles. The van der Waals surface area contributed by atoms with Gasteiger partial charge in [-0.25, -0.2) is 13.2 Å². The molecule has 0 aliphatic carbocycles. The zero-order valence-corrected chi connectivity index (χ0v) is 18.1. The lowest BCUT2D eigenvalue weighted by molar-refractivity contribution is -0.132. The standard InChI is InChI=1S/C24H15ClF3NO5/c1-34-19-7-3-12(26)9-14(19)22(31)20-21(11-2-6-18(30)15(25)8-11)29(24(33)23(20)32)13-4-5-16(27)17(28)10-13/h2-10,21,30-31H,1H3/b22-20+. The minimum Gasteiger partial charge on any atom is -0.507 e. The van der Waals surface area contributed by atoms with Gasteiger partial charge in [0.2, 0.25) is 0 Å². The molecule has 3 aromatic carbocycles. The number of nitrogens with zero attached hydrogens (tertiary/aromatic N) is 1. The van der Waals surface area contributed by atoms with E-state index in [1.54, 1.807) is 0 Å². The molecule has 0 spiro atoms. The molecule has 0 aromatic heterocycles. The zero-order valence-electron chi connectivity index (χ0n) is 17.4. The minimum atomic E-state index is -1.38. The van der Waals surface area contributed by atoms with Gasteiger partial charge < -0.3 is 14.9 Å². The van der Waals surface area contributed by atoms with Gasteiger partial charge in [0.05, 0.1) is 29.3 Å². The Hall–Kier alpha value is -3.98. The maximum Gasteiger partial charge on any atom is 0.300 e. The van der Waals surface area contributed by atoms with Gasteiger partial charge in [-0.1, -0.05) is 17.7 Å². The van der Waals surface area contributed by atoms with Crippen molar-refractivity contribution in [3.63, 3.8) is 0 Å². The molecule has 0 radical (unpaired) electrons. The van der Waals surface area contributed by atoms with Crippen LogP contribution in [0.2, 0.25) is 5.02 Å². The van der Waals surface area contributed by atoms with E-state index >= 15 is 0 Å². The van der Waals surface area contributed by atoms with Crippen molar-refractivity contribution in [1.29, 1.82) is 0 Å². The Morgan fingerprint density at radius 3 is 2.38 bits per heavy atom. The number of anilines is 1. The van der Waals surface area contributed by atoms with Gasteiger partial charge in [0.25, 0.3) is 11.7 Å². The van der Waals surface area contributed by atoms with Gasteiger partial charge in [0.15, 0.2) is 11.6 Å². The Morgan fingerprint density at radius 2 is 1.74 bits per heavy atom. The van der Waals surface area contributed by atoms with Gasteiger partial charge in [-0.05, 0) is 48.0 Å². The summed E-state index contributed by atoms with van der Waals surface area (Å²) in [4.78, 5) is 27.0. The number of carbonyl (C=O) groups is 2. The largest absolute Gasteiger partial charge is 0.507 e. The normalized spacial score (nSPS) is 17.3. The SMILES string of the molecule is COc1ccc(F)cc1/C(O)=C1\C(=O)C(=O)N(c2ccc(F)c(F)c2)C1c1ccc(O)c(Cl)c1. The molecule has 3 aromatic rings. The minimum absolute atomic E-state index is 0.0143. The molecule has 1 fully saturated rings. The second kappa shape index (κ2) is 8.75. The Bertz CT molecular complexity index is 1370. The van der Waals surface area contributed by atoms with E-state index in [0.717, 1.165) is 35.2 Å². The van der Waals surface area contributed by atoms with Gasteiger partial charge in [-0.2, -0.15) is 0 Å². The van der Waals surface area contributed by atoms with Crippen LogP contribution in [0.5, 0.6) is 11.5 Å². The Labute approximate surface area is 196 Å². The number of aliphatic hydroxyl groups is 1. The number of ketones is 1. The summed E-state index contributed by atoms with van der Waals surface area (Å²) in [5, 5.41) is 20.8. The molecule has 1 unspecified atom stereocenters. The number of phenols is 1. The number of aromatic hydroxyl groups is 1. The number of aliphatic hydroxyl groups excluding tert-OH is 1. The smallest absolute Gasteiger partial charge is 0.300 e. The van der Waals surface area contributed by atoms with E-state index < -0.39 is 46.5 Å². The third-order valence-corrected chi connectivity index (χ3v) is 5.63. The van der Waals surface area contributed by atoms with Gasteiger partial charge in [-0.15, -0.1) is 0 Å². The second-order valence-electron chi connectivity index (χ2n) is 7.32. The van der Waals surface area contributed by atoms with Crippen LogP contribution in [0.3, 0.4) is 0 Å². The molecule has 1 amide bonds. The molecular formula is C24H15ClF3NO5. The third-order valence-electron chi connectivity index (χ3n) is 5.33. The number of methoxy groups -OCH3 is 1. The van der Waals surface area contributed by atoms with E-state index in [2.05, 4.69) is 0 Å². The predicted octanol–water partition coefficient (Wildman–Crippen LogP) is 5.10. The number of phenolic OH excluding ortho intramolecular Hbond substituents is 1. The molecular weight excluding hydrogens is 475 g/mol. The van der Waals surface area contributed by atoms with Crippen LogP contribution < -0.4 is 9.64 Å². The van der Waals surface area contributed by atoms with Crippen LogP contribution in [0.25, 0.3) is 5.76 Å². The fourth-order valence-corrected chi connectivity index (χ4v) is 3.94. The highest BCUT2D eigenvalue weighted by Crippen LogP contribution is 2.44. The van der Waals surface area contributed by atoms with Crippen LogP contribution in [0.4, 0.5) is 18.9 Å². The Kier molecular flexibility index (Phi) is 5.97. The fraction of sp³-hybridized carbons (Fsp3) is 0.0833. The molecule has 1 aliphatic heterocycles. The number of hydrogen-bond acceptors (Lipinski definition) is 5. The number of Topliss-reactive ketones (excluding diaryl/α,β-unsaturated/α-hetero) is 1. The van der Waals surface area contributed by atoms with Gasteiger partial charge >= 0.3 is 0 Å². The van der Waals surface area contributed by atoms with E-state index in [9.17, 15) is 33.0 Å². The average Bonchev–Trinajstić information content (AvgIpc) is 3.07. The number of amides is 1. The monoisotopic (exact) mass is 489 g/mol. The molecule has 0 bridgehead atoms. The first-order valence-corrected chi connectivity index (χ1v) is 10.1. The van der Waals surface area contributed by atoms with Crippen molar-refractivity contribution in [3.8, 4) is 11.5 Å². The summed E-state index contributed by atoms with van der Waals surface area (Å²) in [5.41, 5.74) is -0.704. The first-order valence-electron chi connectivity index (χ1n) is 9.72. The van der Waals surface area contributed by atoms with E-state index in [1.807, 2.05) is 0 Å². The number of halogens is 4. The first-order chi connectivity index (χ1) is 16.1. The highest BCUT2D eigenvalue weighted by Gasteiger charge is 2.47. The van der Waals surface area contributed by atoms with Crippen LogP contribution in [0, 0.1) is 17.5 Å². The van der Waals surface area contributed by atoms with Crippen LogP contribution in [-0.4, -0.2) is 29.0 Å². The maximum atomic E-state index is 14.0. The van der Waals surface area contributed by atoms with E-state index in [4.69, 9.17) is 16.3 Å². The summed E-state index contributed by atoms with van der Waals surface area (Å²) in [5.74, 6) is -6.54. The topological polar surface area (TPSA) is 87.1 Å². The number of ether oxygens (including phenoxy) is 1. The van der Waals surface area contributed by atoms with Crippen molar-refractivity contribution >= 4 is 34.7 Å². The summed E-state index contributed by atoms with van der Waals surface area (Å²) in [6, 6.07) is 8.20. The zero-order chi connectivity index (χ0) is 24.7. The first kappa shape index (κ1) is 23.2. The lowest BCUT2D eigenvalue weighted by Gasteiger charge is -2.26. The summed E-state index contributed by atoms with van der Waals surface area (Å²) in [7, 11) is 1.27. The van der Waals surface area contributed by atoms with Crippen molar-refractivity contribution in [2.75, 3.05) is 12.0 Å². The molecule has 4 rings (SSSR count). The number of benzene rings is 3. The summed E-state index contributed by atoms with van der Waals surface area (Å²) in [6.07, 6.45) is 0. The maximum absolute atomic E-state index is 14.0. The average molecular weight is 490 g/mol. The molecule has 1 aliphatic rings. The molecule has 1 heterocycles. The number of carbonyl (C=O) groups excluding carboxylic acids is 2. The highest BCUT2D eigenvalue weighted by molar-refractivity contribution is 6.51. The lowest BCUT2D eigenvalue weighted by atomic mass is 9.94. The van der Waals surface area contributed by atoms with E-state index in [0.29, 0.717) is 0 Å². The van der Waals surface area contributed by atoms with Gasteiger partial charge in [-0.3, -0.25) is 14.5 Å². The van der Waals surface area contributed by atoms with Crippen LogP contribution in [-0.2, 0) is 9.59 Å². The van der Waals surface area contributed by atoms with Crippen LogP contribution in [0.1, 0.15) is 17.2 Å². The van der Waals surface area contributed by atoms with Gasteiger partial charge in [0.1, 0.15) is 23.1 Å². The summed E-state index contributed by atoms with van der Waals surface area (Å²) >= 11 is 6.02. The highest BCUT2D eigenvalue weighted by atomic mass is 35.5. The van der Waals surface area contributed by atoms with E-state index in [1.165, 1.54) is 31.4 Å². The molecule has 6 nitrogen and oxygen atoms in total. The summed E-state index contributed by atoms with van der Waals surface area (Å²) in [6.45, 7) is 0. The van der Waals surface area contributed by atoms with Crippen LogP contribution >= 0.6 is 11.6 Å². The Balaban J connectivity index is 2.01. The molecule has 10 heteroatoms. The lowest BCUT2D eigenvalue weighted by Crippen LogP contribution is -2.29. The van der Waals surface area contributed by atoms with Gasteiger partial charge in [0, 0.05) is 11.8 Å². The Morgan fingerprint density at radius 1 is 1.00 bits per heavy atom. The molecule has 34 heavy (non-hydrogen) atoms. The number of rotatable bonds is 4. The fourth-order valence-electron chi connectivity index (χ4n) is 3.75. The van der Waals surface area contributed by atoms with Crippen molar-refractivity contribution in [3.05, 3.63) is 93.8 Å². The molecule has 174 valence electrons. The third kappa shape index (κ3) is 3.84. The quantitative estimate of drug-likeness (QED) is 0.302. The second-order valence-corrected chi connectivity index (χ2v) is 7.73. The van der Waals surface area contributed by atoms with Crippen molar-refractivity contribution in [2.24, 2.45) is 0 Å². The number of hydrogen-bond donors (Lipinski definition) is 2.